The van der Waals surface area contributed by atoms with Crippen molar-refractivity contribution in [2.75, 3.05) is 0 Å². The van der Waals surface area contributed by atoms with Crippen molar-refractivity contribution in [1.29, 1.82) is 0 Å². The number of aryl methyl sites for hydroxylation is 1. The zero-order chi connectivity index (χ0) is 5.98. The molecule has 0 spiro atoms. The molecule has 0 aromatic heterocycles. The van der Waals surface area contributed by atoms with Gasteiger partial charge in [0.05, 0.1) is 0 Å². The van der Waals surface area contributed by atoms with E-state index in [9.17, 15) is 0 Å². The van der Waals surface area contributed by atoms with Crippen molar-refractivity contribution in [1.82, 2.24) is 0 Å². The molecule has 1 aromatic carbocycles. The van der Waals surface area contributed by atoms with Gasteiger partial charge in [0, 0.05) is 0 Å². The molecule has 0 aliphatic carbocycles. The van der Waals surface area contributed by atoms with Crippen LogP contribution in [0.3, 0.4) is 0 Å². The summed E-state index contributed by atoms with van der Waals surface area (Å²) in [5, 5.41) is 0. The van der Waals surface area contributed by atoms with Gasteiger partial charge in [-0.1, -0.05) is 0 Å². The van der Waals surface area contributed by atoms with E-state index < -0.39 is 0 Å². The Morgan fingerprint density at radius 1 is 1.38 bits per heavy atom. The maximum atomic E-state index is 2.21. The molecular weight excluding hydrogens is 203 g/mol. The zero-order valence-electron chi connectivity index (χ0n) is 4.81. The van der Waals surface area contributed by atoms with Crippen LogP contribution in [0.4, 0.5) is 0 Å². The van der Waals surface area contributed by atoms with Crippen molar-refractivity contribution in [2.24, 2.45) is 0 Å². The van der Waals surface area contributed by atoms with Crippen molar-refractivity contribution >= 4 is 26.1 Å². The molecule has 0 saturated carbocycles. The molecule has 0 fully saturated rings. The van der Waals surface area contributed by atoms with E-state index in [1.807, 2.05) is 0 Å². The second-order valence-corrected chi connectivity index (χ2v) is 3.52. The summed E-state index contributed by atoms with van der Waals surface area (Å²) < 4.78 is 1.43. The van der Waals surface area contributed by atoms with E-state index in [4.69, 9.17) is 0 Å². The molecule has 1 heteroatoms. The van der Waals surface area contributed by atoms with Gasteiger partial charge in [-0.3, -0.25) is 0 Å². The van der Waals surface area contributed by atoms with Gasteiger partial charge in [-0.25, -0.2) is 0 Å². The van der Waals surface area contributed by atoms with Crippen LogP contribution in [0.5, 0.6) is 0 Å². The van der Waals surface area contributed by atoms with Crippen LogP contribution < -0.4 is 3.58 Å². The minimum absolute atomic E-state index is 1.36. The van der Waals surface area contributed by atoms with Crippen molar-refractivity contribution in [2.45, 2.75) is 6.92 Å². The molecule has 39 valence electrons. The SMILES string of the molecule is Cc1ccc[c]([Sn])c1. The predicted octanol–water partition coefficient (Wildman–Crippen LogP) is 0.789. The second-order valence-electron chi connectivity index (χ2n) is 1.87. The van der Waals surface area contributed by atoms with Crippen LogP contribution in [0.1, 0.15) is 5.56 Å². The first-order chi connectivity index (χ1) is 3.79. The van der Waals surface area contributed by atoms with Crippen molar-refractivity contribution < 1.29 is 0 Å². The maximum absolute atomic E-state index is 2.21. The quantitative estimate of drug-likeness (QED) is 0.555. The Labute approximate surface area is 63.0 Å². The molecule has 0 N–H and O–H groups in total. The van der Waals surface area contributed by atoms with Gasteiger partial charge >= 0.3 is 62.9 Å². The van der Waals surface area contributed by atoms with E-state index in [1.165, 1.54) is 31.7 Å². The molecule has 0 heterocycles. The van der Waals surface area contributed by atoms with E-state index in [-0.39, 0.29) is 0 Å². The summed E-state index contributed by atoms with van der Waals surface area (Å²) in [6, 6.07) is 8.57. The first-order valence-corrected chi connectivity index (χ1v) is 4.00. The Morgan fingerprint density at radius 2 is 2.12 bits per heavy atom. The van der Waals surface area contributed by atoms with Crippen LogP contribution in [0, 0.1) is 6.92 Å². The van der Waals surface area contributed by atoms with Crippen LogP contribution in [-0.4, -0.2) is 22.5 Å². The van der Waals surface area contributed by atoms with E-state index in [0.717, 1.165) is 0 Å². The summed E-state index contributed by atoms with van der Waals surface area (Å²) in [6.07, 6.45) is 0. The van der Waals surface area contributed by atoms with Crippen LogP contribution in [-0.2, 0) is 0 Å². The molecule has 0 aliphatic heterocycles. The summed E-state index contributed by atoms with van der Waals surface area (Å²) in [4.78, 5) is 0. The predicted molar refractivity (Wildman–Crippen MR) is 36.6 cm³/mol. The summed E-state index contributed by atoms with van der Waals surface area (Å²) in [5.41, 5.74) is 1.36. The van der Waals surface area contributed by atoms with Crippen LogP contribution in [0.15, 0.2) is 24.3 Å². The molecule has 0 unspecified atom stereocenters. The molecule has 1 rings (SSSR count). The zero-order valence-corrected chi connectivity index (χ0v) is 7.66. The van der Waals surface area contributed by atoms with Crippen LogP contribution in [0.2, 0.25) is 0 Å². The molecule has 0 nitrogen and oxygen atoms in total. The molecule has 3 radical (unpaired) electrons. The van der Waals surface area contributed by atoms with E-state index >= 15 is 0 Å². The summed E-state index contributed by atoms with van der Waals surface area (Å²) in [6.45, 7) is 2.12. The summed E-state index contributed by atoms with van der Waals surface area (Å²) in [5.74, 6) is 0. The van der Waals surface area contributed by atoms with Crippen molar-refractivity contribution in [3.63, 3.8) is 0 Å². The van der Waals surface area contributed by atoms with Gasteiger partial charge < -0.3 is 0 Å². The van der Waals surface area contributed by atoms with Gasteiger partial charge in [-0.15, -0.1) is 0 Å². The molecule has 8 heavy (non-hydrogen) atoms. The molecule has 0 amide bonds. The van der Waals surface area contributed by atoms with Gasteiger partial charge in [0.15, 0.2) is 0 Å². The monoisotopic (exact) mass is 211 g/mol. The third kappa shape index (κ3) is 1.51. The normalized spacial score (nSPS) is 9.25. The van der Waals surface area contributed by atoms with Gasteiger partial charge in [0.25, 0.3) is 0 Å². The first-order valence-electron chi connectivity index (χ1n) is 2.57. The van der Waals surface area contributed by atoms with Gasteiger partial charge in [0.2, 0.25) is 0 Å². The van der Waals surface area contributed by atoms with Crippen molar-refractivity contribution in [3.05, 3.63) is 29.8 Å². The number of hydrogen-bond acceptors (Lipinski definition) is 0. The summed E-state index contributed by atoms with van der Waals surface area (Å²) >= 11 is 1.50. The second kappa shape index (κ2) is 2.53. The molecular formula is C7H7Sn. The average molecular weight is 210 g/mol. The Morgan fingerprint density at radius 3 is 2.50 bits per heavy atom. The topological polar surface area (TPSA) is 0 Å². The Bertz CT molecular complexity index is 164. The third-order valence-corrected chi connectivity index (χ3v) is 1.91. The van der Waals surface area contributed by atoms with Crippen LogP contribution in [0.25, 0.3) is 0 Å². The van der Waals surface area contributed by atoms with Gasteiger partial charge in [-0.2, -0.15) is 0 Å². The molecule has 0 saturated heterocycles. The van der Waals surface area contributed by atoms with E-state index in [2.05, 4.69) is 31.2 Å². The van der Waals surface area contributed by atoms with Gasteiger partial charge in [-0.05, 0) is 0 Å². The fourth-order valence-corrected chi connectivity index (χ4v) is 1.57. The standard InChI is InChI=1S/C7H7.Sn/c1-7-5-3-2-4-6-7;/h2-3,5-6H,1H3;. The van der Waals surface area contributed by atoms with Crippen molar-refractivity contribution in [3.8, 4) is 0 Å². The van der Waals surface area contributed by atoms with E-state index in [1.54, 1.807) is 0 Å². The minimum atomic E-state index is 1.36. The first kappa shape index (κ1) is 6.14. The Hall–Kier alpha value is 0.0187. The number of rotatable bonds is 0. The third-order valence-electron chi connectivity index (χ3n) is 1.02. The van der Waals surface area contributed by atoms with Crippen LogP contribution >= 0.6 is 0 Å². The molecule has 0 aliphatic rings. The fraction of sp³-hybridized carbons (Fsp3) is 0.143. The fourth-order valence-electron chi connectivity index (χ4n) is 0.645. The molecule has 0 atom stereocenters. The number of hydrogen-bond donors (Lipinski definition) is 0. The summed E-state index contributed by atoms with van der Waals surface area (Å²) in [7, 11) is 0. The Balaban J connectivity index is 3.08. The molecule has 0 bridgehead atoms. The number of benzene rings is 1. The Kier molecular flexibility index (Phi) is 1.95. The van der Waals surface area contributed by atoms with E-state index in [0.29, 0.717) is 0 Å². The van der Waals surface area contributed by atoms with Gasteiger partial charge in [0.1, 0.15) is 0 Å². The average Bonchev–Trinajstić information content (AvgIpc) is 1.64. The molecule has 1 aromatic rings.